The molecule has 0 amide bonds. The summed E-state index contributed by atoms with van der Waals surface area (Å²) in [5.74, 6) is -23.1. The highest BCUT2D eigenvalue weighted by Gasteiger charge is 2.85. The maximum absolute atomic E-state index is 13.7. The minimum absolute atomic E-state index is 0.0280. The molecule has 0 N–H and O–H groups in total. The molecule has 8 heteroatoms. The average Bonchev–Trinajstić information content (AvgIpc) is 2.29. The molecule has 0 radical (unpaired) electrons. The molecule has 0 saturated heterocycles. The van der Waals surface area contributed by atoms with Crippen molar-refractivity contribution in [2.45, 2.75) is 37.5 Å². The lowest BCUT2D eigenvalue weighted by Gasteiger charge is -2.43. The fourth-order valence-electron chi connectivity index (χ4n) is 2.20. The van der Waals surface area contributed by atoms with Gasteiger partial charge in [-0.1, -0.05) is 12.1 Å². The summed E-state index contributed by atoms with van der Waals surface area (Å²) in [5, 5.41) is 0. The molecule has 0 atom stereocenters. The van der Waals surface area contributed by atoms with Gasteiger partial charge in [0.1, 0.15) is 0 Å². The largest absolute Gasteiger partial charge is 0.382 e. The van der Waals surface area contributed by atoms with Crippen molar-refractivity contribution in [1.82, 2.24) is 0 Å². The van der Waals surface area contributed by atoms with Crippen LogP contribution >= 0.6 is 0 Å². The first-order valence-corrected chi connectivity index (χ1v) is 5.42. The van der Waals surface area contributed by atoms with Gasteiger partial charge in [0.2, 0.25) is 0 Å². The first-order chi connectivity index (χ1) is 8.80. The van der Waals surface area contributed by atoms with Crippen molar-refractivity contribution in [3.8, 4) is 0 Å². The van der Waals surface area contributed by atoms with E-state index < -0.39 is 40.4 Å². The fourth-order valence-corrected chi connectivity index (χ4v) is 2.20. The Hall–Kier alpha value is -1.34. The standard InChI is InChI=1S/C12H8F8/c1-5-3-4-7-8(6(5)2)10(15,16)12(19,20)11(17,18)9(7,13)14/h3-4H,1-2H3. The van der Waals surface area contributed by atoms with Crippen molar-refractivity contribution >= 4 is 0 Å². The summed E-state index contributed by atoms with van der Waals surface area (Å²) in [4.78, 5) is 0. The van der Waals surface area contributed by atoms with E-state index in [1.54, 1.807) is 0 Å². The Labute approximate surface area is 108 Å². The summed E-state index contributed by atoms with van der Waals surface area (Å²) < 4.78 is 107. The molecule has 1 aromatic carbocycles. The van der Waals surface area contributed by atoms with Crippen molar-refractivity contribution in [3.05, 3.63) is 34.4 Å². The lowest BCUT2D eigenvalue weighted by Crippen LogP contribution is -2.64. The zero-order chi connectivity index (χ0) is 15.7. The second-order valence-electron chi connectivity index (χ2n) is 4.73. The first-order valence-electron chi connectivity index (χ1n) is 5.42. The number of benzene rings is 1. The van der Waals surface area contributed by atoms with Crippen LogP contribution < -0.4 is 0 Å². The zero-order valence-corrected chi connectivity index (χ0v) is 10.2. The van der Waals surface area contributed by atoms with Crippen LogP contribution in [0.4, 0.5) is 35.1 Å². The Kier molecular flexibility index (Phi) is 2.75. The molecule has 112 valence electrons. The molecule has 1 aromatic rings. The summed E-state index contributed by atoms with van der Waals surface area (Å²) >= 11 is 0. The van der Waals surface area contributed by atoms with Gasteiger partial charge in [0.25, 0.3) is 0 Å². The van der Waals surface area contributed by atoms with E-state index in [0.717, 1.165) is 13.0 Å². The van der Waals surface area contributed by atoms with Gasteiger partial charge < -0.3 is 0 Å². The molecule has 0 bridgehead atoms. The molecule has 0 fully saturated rings. The highest BCUT2D eigenvalue weighted by Crippen LogP contribution is 2.65. The third kappa shape index (κ3) is 1.37. The molecule has 0 heterocycles. The van der Waals surface area contributed by atoms with E-state index in [2.05, 4.69) is 0 Å². The Balaban J connectivity index is 2.97. The predicted octanol–water partition coefficient (Wildman–Crippen LogP) is 4.77. The minimum Gasteiger partial charge on any atom is -0.194 e. The van der Waals surface area contributed by atoms with Gasteiger partial charge in [0.05, 0.1) is 0 Å². The summed E-state index contributed by atoms with van der Waals surface area (Å²) in [6.45, 7) is 2.15. The maximum atomic E-state index is 13.7. The topological polar surface area (TPSA) is 0 Å². The highest BCUT2D eigenvalue weighted by atomic mass is 19.4. The van der Waals surface area contributed by atoms with Gasteiger partial charge in [-0.05, 0) is 25.0 Å². The first kappa shape index (κ1) is 15.1. The van der Waals surface area contributed by atoms with Gasteiger partial charge in [-0.15, -0.1) is 0 Å². The molecule has 0 unspecified atom stereocenters. The Morgan fingerprint density at radius 3 is 1.65 bits per heavy atom. The van der Waals surface area contributed by atoms with Crippen molar-refractivity contribution < 1.29 is 35.1 Å². The summed E-state index contributed by atoms with van der Waals surface area (Å²) in [6.07, 6.45) is 0. The SMILES string of the molecule is Cc1ccc2c(c1C)C(F)(F)C(F)(F)C(F)(F)C2(F)F. The fraction of sp³-hybridized carbons (Fsp3) is 0.500. The maximum Gasteiger partial charge on any atom is 0.382 e. The Bertz CT molecular complexity index is 573. The molecule has 0 aliphatic heterocycles. The third-order valence-electron chi connectivity index (χ3n) is 3.57. The number of fused-ring (bicyclic) bond motifs is 1. The summed E-state index contributed by atoms with van der Waals surface area (Å²) in [7, 11) is 0. The summed E-state index contributed by atoms with van der Waals surface area (Å²) in [5.41, 5.74) is -4.01. The Morgan fingerprint density at radius 1 is 0.700 bits per heavy atom. The van der Waals surface area contributed by atoms with Crippen LogP contribution in [-0.2, 0) is 11.8 Å². The van der Waals surface area contributed by atoms with Crippen molar-refractivity contribution in [2.75, 3.05) is 0 Å². The van der Waals surface area contributed by atoms with Crippen LogP contribution in [0.2, 0.25) is 0 Å². The zero-order valence-electron chi connectivity index (χ0n) is 10.2. The molecule has 0 aromatic heterocycles. The minimum atomic E-state index is -6.19. The number of aryl methyl sites for hydroxylation is 1. The van der Waals surface area contributed by atoms with Crippen molar-refractivity contribution in [3.63, 3.8) is 0 Å². The molecule has 1 aliphatic rings. The van der Waals surface area contributed by atoms with E-state index in [1.165, 1.54) is 6.92 Å². The van der Waals surface area contributed by atoms with Crippen LogP contribution in [0.3, 0.4) is 0 Å². The van der Waals surface area contributed by atoms with E-state index in [-0.39, 0.29) is 5.56 Å². The molecule has 2 rings (SSSR count). The van der Waals surface area contributed by atoms with Crippen molar-refractivity contribution in [1.29, 1.82) is 0 Å². The van der Waals surface area contributed by atoms with Crippen LogP contribution in [0.1, 0.15) is 22.3 Å². The van der Waals surface area contributed by atoms with Gasteiger partial charge >= 0.3 is 23.7 Å². The van der Waals surface area contributed by atoms with E-state index in [1.807, 2.05) is 0 Å². The highest BCUT2D eigenvalue weighted by molar-refractivity contribution is 5.49. The average molecular weight is 304 g/mol. The van der Waals surface area contributed by atoms with Gasteiger partial charge in [-0.3, -0.25) is 0 Å². The predicted molar refractivity (Wildman–Crippen MR) is 53.6 cm³/mol. The number of halogens is 8. The molecule has 0 spiro atoms. The van der Waals surface area contributed by atoms with Gasteiger partial charge in [-0.2, -0.15) is 35.1 Å². The number of hydrogen-bond donors (Lipinski definition) is 0. The number of rotatable bonds is 0. The van der Waals surface area contributed by atoms with Crippen LogP contribution in [-0.4, -0.2) is 11.8 Å². The van der Waals surface area contributed by atoms with E-state index in [4.69, 9.17) is 0 Å². The van der Waals surface area contributed by atoms with Crippen molar-refractivity contribution in [2.24, 2.45) is 0 Å². The number of alkyl halides is 8. The van der Waals surface area contributed by atoms with Crippen LogP contribution in [0, 0.1) is 13.8 Å². The molecule has 0 nitrogen and oxygen atoms in total. The van der Waals surface area contributed by atoms with Gasteiger partial charge in [-0.25, -0.2) is 0 Å². The molecule has 1 aliphatic carbocycles. The third-order valence-corrected chi connectivity index (χ3v) is 3.57. The van der Waals surface area contributed by atoms with Crippen LogP contribution in [0.25, 0.3) is 0 Å². The van der Waals surface area contributed by atoms with Gasteiger partial charge in [0.15, 0.2) is 0 Å². The van der Waals surface area contributed by atoms with E-state index in [9.17, 15) is 35.1 Å². The van der Waals surface area contributed by atoms with E-state index in [0.29, 0.717) is 6.07 Å². The van der Waals surface area contributed by atoms with Gasteiger partial charge in [0, 0.05) is 11.1 Å². The molecular weight excluding hydrogens is 296 g/mol. The van der Waals surface area contributed by atoms with Crippen LogP contribution in [0.5, 0.6) is 0 Å². The molecular formula is C12H8F8. The quantitative estimate of drug-likeness (QED) is 0.606. The Morgan fingerprint density at radius 2 is 1.15 bits per heavy atom. The van der Waals surface area contributed by atoms with Crippen LogP contribution in [0.15, 0.2) is 12.1 Å². The molecule has 0 saturated carbocycles. The summed E-state index contributed by atoms with van der Waals surface area (Å²) in [6, 6.07) is 1.26. The monoisotopic (exact) mass is 304 g/mol. The second kappa shape index (κ2) is 3.65. The molecule has 20 heavy (non-hydrogen) atoms. The lowest BCUT2D eigenvalue weighted by atomic mass is 9.77. The van der Waals surface area contributed by atoms with E-state index >= 15 is 0 Å². The normalized spacial score (nSPS) is 25.1. The second-order valence-corrected chi connectivity index (χ2v) is 4.73. The lowest BCUT2D eigenvalue weighted by molar-refractivity contribution is -0.386. The smallest absolute Gasteiger partial charge is 0.194 e. The number of hydrogen-bond acceptors (Lipinski definition) is 0.